The standard InChI is InChI=1S/C13H12N4O/c1-9-8-17-12(15-9)5-6-13(16-17)18-11-4-2-3-10(14)7-11/h2-8H,14H2,1H3. The summed E-state index contributed by atoms with van der Waals surface area (Å²) in [5.74, 6) is 1.17. The van der Waals surface area contributed by atoms with Crippen LogP contribution in [-0.4, -0.2) is 14.6 Å². The summed E-state index contributed by atoms with van der Waals surface area (Å²) in [7, 11) is 0. The molecule has 0 aliphatic rings. The lowest BCUT2D eigenvalue weighted by atomic mass is 10.3. The first-order valence-corrected chi connectivity index (χ1v) is 5.57. The molecule has 90 valence electrons. The van der Waals surface area contributed by atoms with Crippen molar-refractivity contribution in [2.24, 2.45) is 0 Å². The first-order valence-electron chi connectivity index (χ1n) is 5.57. The molecule has 0 spiro atoms. The molecule has 0 bridgehead atoms. The van der Waals surface area contributed by atoms with Gasteiger partial charge in [0.15, 0.2) is 5.65 Å². The van der Waals surface area contributed by atoms with Crippen LogP contribution < -0.4 is 10.5 Å². The van der Waals surface area contributed by atoms with E-state index in [0.717, 1.165) is 11.3 Å². The van der Waals surface area contributed by atoms with E-state index in [1.807, 2.05) is 37.4 Å². The third-order valence-electron chi connectivity index (χ3n) is 2.50. The molecule has 0 saturated heterocycles. The van der Waals surface area contributed by atoms with Crippen LogP contribution in [0.25, 0.3) is 5.65 Å². The summed E-state index contributed by atoms with van der Waals surface area (Å²) in [6.45, 7) is 1.92. The number of rotatable bonds is 2. The number of nitrogens with zero attached hydrogens (tertiary/aromatic N) is 3. The van der Waals surface area contributed by atoms with Crippen molar-refractivity contribution in [2.45, 2.75) is 6.92 Å². The van der Waals surface area contributed by atoms with Crippen LogP contribution >= 0.6 is 0 Å². The Morgan fingerprint density at radius 2 is 2.11 bits per heavy atom. The zero-order valence-corrected chi connectivity index (χ0v) is 9.87. The minimum atomic E-state index is 0.505. The average Bonchev–Trinajstić information content (AvgIpc) is 2.68. The summed E-state index contributed by atoms with van der Waals surface area (Å²) in [5.41, 5.74) is 8.07. The van der Waals surface area contributed by atoms with Crippen LogP contribution in [0.3, 0.4) is 0 Å². The van der Waals surface area contributed by atoms with Gasteiger partial charge < -0.3 is 10.5 Å². The molecular formula is C13H12N4O. The van der Waals surface area contributed by atoms with E-state index in [1.165, 1.54) is 0 Å². The van der Waals surface area contributed by atoms with Crippen molar-refractivity contribution in [1.29, 1.82) is 0 Å². The highest BCUT2D eigenvalue weighted by Gasteiger charge is 2.03. The third-order valence-corrected chi connectivity index (χ3v) is 2.50. The lowest BCUT2D eigenvalue weighted by molar-refractivity contribution is 0.453. The highest BCUT2D eigenvalue weighted by molar-refractivity contribution is 5.45. The smallest absolute Gasteiger partial charge is 0.237 e. The topological polar surface area (TPSA) is 65.4 Å². The second kappa shape index (κ2) is 4.03. The number of imidazole rings is 1. The molecule has 1 aromatic carbocycles. The van der Waals surface area contributed by atoms with Gasteiger partial charge in [-0.15, -0.1) is 5.10 Å². The van der Waals surface area contributed by atoms with E-state index < -0.39 is 0 Å². The van der Waals surface area contributed by atoms with Gasteiger partial charge in [-0.05, 0) is 25.1 Å². The number of hydrogen-bond acceptors (Lipinski definition) is 4. The van der Waals surface area contributed by atoms with Crippen molar-refractivity contribution < 1.29 is 4.74 Å². The van der Waals surface area contributed by atoms with Gasteiger partial charge in [-0.25, -0.2) is 9.50 Å². The average molecular weight is 240 g/mol. The second-order valence-corrected chi connectivity index (χ2v) is 4.03. The predicted molar refractivity (Wildman–Crippen MR) is 68.7 cm³/mol. The van der Waals surface area contributed by atoms with Crippen molar-refractivity contribution in [3.8, 4) is 11.6 Å². The molecule has 5 heteroatoms. The molecule has 3 aromatic rings. The van der Waals surface area contributed by atoms with Gasteiger partial charge in [-0.2, -0.15) is 0 Å². The molecule has 0 aliphatic heterocycles. The summed E-state index contributed by atoms with van der Waals surface area (Å²) < 4.78 is 7.33. The number of ether oxygens (including phenoxy) is 1. The fraction of sp³-hybridized carbons (Fsp3) is 0.0769. The van der Waals surface area contributed by atoms with Gasteiger partial charge in [-0.1, -0.05) is 6.07 Å². The van der Waals surface area contributed by atoms with Gasteiger partial charge in [0.1, 0.15) is 5.75 Å². The van der Waals surface area contributed by atoms with E-state index in [-0.39, 0.29) is 0 Å². The molecule has 2 heterocycles. The van der Waals surface area contributed by atoms with Crippen LogP contribution in [-0.2, 0) is 0 Å². The van der Waals surface area contributed by atoms with Crippen LogP contribution in [0.4, 0.5) is 5.69 Å². The van der Waals surface area contributed by atoms with Crippen LogP contribution in [0.15, 0.2) is 42.6 Å². The Morgan fingerprint density at radius 3 is 2.94 bits per heavy atom. The number of aryl methyl sites for hydroxylation is 1. The number of benzene rings is 1. The first kappa shape index (κ1) is 10.6. The lowest BCUT2D eigenvalue weighted by Crippen LogP contribution is -1.95. The molecule has 2 aromatic heterocycles. The number of fused-ring (bicyclic) bond motifs is 1. The van der Waals surface area contributed by atoms with Crippen LogP contribution in [0.1, 0.15) is 5.69 Å². The maximum Gasteiger partial charge on any atom is 0.237 e. The van der Waals surface area contributed by atoms with Crippen molar-refractivity contribution in [3.63, 3.8) is 0 Å². The van der Waals surface area contributed by atoms with E-state index >= 15 is 0 Å². The zero-order chi connectivity index (χ0) is 12.5. The molecule has 0 aliphatic carbocycles. The van der Waals surface area contributed by atoms with Gasteiger partial charge in [0.25, 0.3) is 0 Å². The fourth-order valence-corrected chi connectivity index (χ4v) is 1.74. The van der Waals surface area contributed by atoms with Gasteiger partial charge in [0.05, 0.1) is 11.9 Å². The van der Waals surface area contributed by atoms with Crippen LogP contribution in [0.5, 0.6) is 11.6 Å². The number of aromatic nitrogens is 3. The molecule has 0 saturated carbocycles. The van der Waals surface area contributed by atoms with E-state index in [0.29, 0.717) is 17.3 Å². The van der Waals surface area contributed by atoms with Gasteiger partial charge in [0.2, 0.25) is 5.88 Å². The number of nitrogen functional groups attached to an aromatic ring is 1. The number of anilines is 1. The Balaban J connectivity index is 1.94. The molecule has 0 radical (unpaired) electrons. The van der Waals surface area contributed by atoms with Crippen LogP contribution in [0.2, 0.25) is 0 Å². The van der Waals surface area contributed by atoms with E-state index in [2.05, 4.69) is 10.1 Å². The highest BCUT2D eigenvalue weighted by atomic mass is 16.5. The zero-order valence-electron chi connectivity index (χ0n) is 9.87. The molecule has 0 fully saturated rings. The minimum absolute atomic E-state index is 0.505. The molecule has 5 nitrogen and oxygen atoms in total. The van der Waals surface area contributed by atoms with Crippen molar-refractivity contribution >= 4 is 11.3 Å². The van der Waals surface area contributed by atoms with Gasteiger partial charge in [0, 0.05) is 17.8 Å². The Hall–Kier alpha value is -2.56. The summed E-state index contributed by atoms with van der Waals surface area (Å²) in [4.78, 5) is 4.30. The molecule has 3 rings (SSSR count). The number of hydrogen-bond donors (Lipinski definition) is 1. The maximum atomic E-state index is 5.69. The maximum absolute atomic E-state index is 5.69. The summed E-state index contributed by atoms with van der Waals surface area (Å²) >= 11 is 0. The molecule has 18 heavy (non-hydrogen) atoms. The van der Waals surface area contributed by atoms with Gasteiger partial charge >= 0.3 is 0 Å². The van der Waals surface area contributed by atoms with E-state index in [4.69, 9.17) is 10.5 Å². The Bertz CT molecular complexity index is 705. The van der Waals surface area contributed by atoms with Crippen molar-refractivity contribution in [1.82, 2.24) is 14.6 Å². The summed E-state index contributed by atoms with van der Waals surface area (Å²) in [5, 5.41) is 4.31. The molecular weight excluding hydrogens is 228 g/mol. The molecule has 0 atom stereocenters. The molecule has 0 amide bonds. The lowest BCUT2D eigenvalue weighted by Gasteiger charge is -2.05. The summed E-state index contributed by atoms with van der Waals surface area (Å²) in [6, 6.07) is 10.9. The minimum Gasteiger partial charge on any atom is -0.438 e. The normalized spacial score (nSPS) is 10.7. The molecule has 0 unspecified atom stereocenters. The Labute approximate surface area is 104 Å². The van der Waals surface area contributed by atoms with E-state index in [9.17, 15) is 0 Å². The fourth-order valence-electron chi connectivity index (χ4n) is 1.74. The summed E-state index contributed by atoms with van der Waals surface area (Å²) in [6.07, 6.45) is 1.85. The van der Waals surface area contributed by atoms with Crippen molar-refractivity contribution in [3.05, 3.63) is 48.3 Å². The predicted octanol–water partition coefficient (Wildman–Crippen LogP) is 2.41. The molecule has 2 N–H and O–H groups in total. The SMILES string of the molecule is Cc1cn2nc(Oc3cccc(N)c3)ccc2n1. The second-order valence-electron chi connectivity index (χ2n) is 4.03. The monoisotopic (exact) mass is 240 g/mol. The van der Waals surface area contributed by atoms with E-state index in [1.54, 1.807) is 16.6 Å². The quantitative estimate of drug-likeness (QED) is 0.698. The highest BCUT2D eigenvalue weighted by Crippen LogP contribution is 2.21. The number of nitrogens with two attached hydrogens (primary N) is 1. The van der Waals surface area contributed by atoms with Crippen molar-refractivity contribution in [2.75, 3.05) is 5.73 Å². The van der Waals surface area contributed by atoms with Crippen LogP contribution in [0, 0.1) is 6.92 Å². The third kappa shape index (κ3) is 1.98. The Kier molecular flexibility index (Phi) is 2.37. The largest absolute Gasteiger partial charge is 0.438 e. The van der Waals surface area contributed by atoms with Gasteiger partial charge in [-0.3, -0.25) is 0 Å². The first-order chi connectivity index (χ1) is 8.70. The Morgan fingerprint density at radius 1 is 1.22 bits per heavy atom.